The van der Waals surface area contributed by atoms with Gasteiger partial charge in [0.2, 0.25) is 11.8 Å². The Bertz CT molecular complexity index is 699. The summed E-state index contributed by atoms with van der Waals surface area (Å²) in [5.41, 5.74) is 1.12. The van der Waals surface area contributed by atoms with E-state index in [0.29, 0.717) is 13.1 Å². The molecular weight excluding hydrogens is 340 g/mol. The van der Waals surface area contributed by atoms with E-state index in [0.717, 1.165) is 44.6 Å². The fraction of sp³-hybridized carbons (Fsp3) is 0.619. The molecule has 4 rings (SSSR count). The van der Waals surface area contributed by atoms with Crippen LogP contribution in [0.15, 0.2) is 30.3 Å². The topological polar surface area (TPSA) is 55.9 Å². The maximum absolute atomic E-state index is 13.4. The Morgan fingerprint density at radius 1 is 1.07 bits per heavy atom. The van der Waals surface area contributed by atoms with E-state index < -0.39 is 5.92 Å². The van der Waals surface area contributed by atoms with E-state index in [2.05, 4.69) is 29.2 Å². The summed E-state index contributed by atoms with van der Waals surface area (Å²) in [6, 6.07) is 9.96. The Kier molecular flexibility index (Phi) is 4.95. The zero-order valence-electron chi connectivity index (χ0n) is 16.4. The maximum atomic E-state index is 13.4. The number of likely N-dealkylation sites (N-methyl/N-ethyl adjacent to an activating group) is 1. The number of carbonyl (C=O) groups excluding carboxylic acids is 2. The molecule has 2 amide bonds. The van der Waals surface area contributed by atoms with E-state index in [1.807, 2.05) is 35.2 Å². The number of nitrogens with zero attached hydrogens (tertiary/aromatic N) is 3. The largest absolute Gasteiger partial charge is 0.355 e. The molecule has 0 aromatic heterocycles. The zero-order valence-corrected chi connectivity index (χ0v) is 16.4. The third kappa shape index (κ3) is 3.36. The smallest absolute Gasteiger partial charge is 0.235 e. The zero-order chi connectivity index (χ0) is 19.0. The van der Waals surface area contributed by atoms with Crippen molar-refractivity contribution in [2.24, 2.45) is 5.92 Å². The number of piperazine rings is 1. The van der Waals surface area contributed by atoms with Crippen molar-refractivity contribution in [3.8, 4) is 0 Å². The predicted molar refractivity (Wildman–Crippen MR) is 104 cm³/mol. The van der Waals surface area contributed by atoms with Crippen LogP contribution in [0.3, 0.4) is 0 Å². The van der Waals surface area contributed by atoms with E-state index >= 15 is 0 Å². The Labute approximate surface area is 161 Å². The molecule has 3 aliphatic rings. The Morgan fingerprint density at radius 2 is 1.78 bits per heavy atom. The summed E-state index contributed by atoms with van der Waals surface area (Å²) in [4.78, 5) is 32.7. The summed E-state index contributed by atoms with van der Waals surface area (Å²) < 4.78 is 0. The lowest BCUT2D eigenvalue weighted by atomic mass is 9.82. The van der Waals surface area contributed by atoms with Gasteiger partial charge in [0, 0.05) is 37.6 Å². The first-order valence-electron chi connectivity index (χ1n) is 10.0. The molecule has 6 nitrogen and oxygen atoms in total. The van der Waals surface area contributed by atoms with Crippen LogP contribution in [0.2, 0.25) is 0 Å². The maximum Gasteiger partial charge on any atom is 0.235 e. The SMILES string of the molecule is CN1CCC2(CC1)CN(C(=O)[C@@H]1C(=O)NC[C@H]1c1ccccc1)CCN2C. The first-order chi connectivity index (χ1) is 13.0. The van der Waals surface area contributed by atoms with Gasteiger partial charge in [0.25, 0.3) is 0 Å². The monoisotopic (exact) mass is 370 g/mol. The van der Waals surface area contributed by atoms with Gasteiger partial charge >= 0.3 is 0 Å². The van der Waals surface area contributed by atoms with Crippen LogP contribution < -0.4 is 5.32 Å². The third-order valence-electron chi connectivity index (χ3n) is 6.90. The van der Waals surface area contributed by atoms with Crippen molar-refractivity contribution in [1.29, 1.82) is 0 Å². The lowest BCUT2D eigenvalue weighted by Gasteiger charge is -2.53. The van der Waals surface area contributed by atoms with Crippen molar-refractivity contribution < 1.29 is 9.59 Å². The Hall–Kier alpha value is -1.92. The van der Waals surface area contributed by atoms with Crippen molar-refractivity contribution in [1.82, 2.24) is 20.0 Å². The van der Waals surface area contributed by atoms with Crippen LogP contribution in [0.4, 0.5) is 0 Å². The molecule has 0 bridgehead atoms. The van der Waals surface area contributed by atoms with Crippen molar-refractivity contribution in [2.45, 2.75) is 24.3 Å². The molecule has 0 radical (unpaired) electrons. The first-order valence-corrected chi connectivity index (χ1v) is 10.0. The molecule has 27 heavy (non-hydrogen) atoms. The summed E-state index contributed by atoms with van der Waals surface area (Å²) in [5.74, 6) is -0.783. The molecule has 1 aromatic rings. The van der Waals surface area contributed by atoms with Crippen molar-refractivity contribution in [3.63, 3.8) is 0 Å². The van der Waals surface area contributed by atoms with Gasteiger partial charge < -0.3 is 15.1 Å². The standard InChI is InChI=1S/C21H30N4O2/c1-23-10-8-21(9-11-23)15-25(13-12-24(21)2)20(27)18-17(14-22-19(18)26)16-6-4-3-5-7-16/h3-7,17-18H,8-15H2,1-2H3,(H,22,26)/t17-,18-/m0/s1. The average molecular weight is 370 g/mol. The van der Waals surface area contributed by atoms with Gasteiger partial charge in [0.15, 0.2) is 0 Å². The van der Waals surface area contributed by atoms with Gasteiger partial charge in [-0.1, -0.05) is 30.3 Å². The summed E-state index contributed by atoms with van der Waals surface area (Å²) in [5, 5.41) is 2.92. The second kappa shape index (κ2) is 7.24. The van der Waals surface area contributed by atoms with Crippen LogP contribution in [-0.2, 0) is 9.59 Å². The van der Waals surface area contributed by atoms with E-state index in [1.165, 1.54) is 0 Å². The van der Waals surface area contributed by atoms with Gasteiger partial charge in [-0.15, -0.1) is 0 Å². The quantitative estimate of drug-likeness (QED) is 0.781. The molecule has 146 valence electrons. The normalized spacial score (nSPS) is 29.1. The second-order valence-corrected chi connectivity index (χ2v) is 8.45. The lowest BCUT2D eigenvalue weighted by Crippen LogP contribution is -2.65. The van der Waals surface area contributed by atoms with Crippen LogP contribution in [-0.4, -0.2) is 85.4 Å². The lowest BCUT2D eigenvalue weighted by molar-refractivity contribution is -0.146. The predicted octanol–water partition coefficient (Wildman–Crippen LogP) is 0.755. The number of benzene rings is 1. The molecule has 3 aliphatic heterocycles. The van der Waals surface area contributed by atoms with Gasteiger partial charge in [-0.2, -0.15) is 0 Å². The molecular formula is C21H30N4O2. The highest BCUT2D eigenvalue weighted by Gasteiger charge is 2.47. The van der Waals surface area contributed by atoms with Gasteiger partial charge in [-0.3, -0.25) is 14.5 Å². The minimum Gasteiger partial charge on any atom is -0.355 e. The van der Waals surface area contributed by atoms with E-state index in [1.54, 1.807) is 0 Å². The number of hydrogen-bond acceptors (Lipinski definition) is 4. The summed E-state index contributed by atoms with van der Waals surface area (Å²) in [6.07, 6.45) is 2.14. The van der Waals surface area contributed by atoms with Crippen molar-refractivity contribution in [3.05, 3.63) is 35.9 Å². The summed E-state index contributed by atoms with van der Waals surface area (Å²) in [6.45, 7) is 4.98. The highest BCUT2D eigenvalue weighted by molar-refractivity contribution is 6.03. The van der Waals surface area contributed by atoms with Gasteiger partial charge in [0.05, 0.1) is 0 Å². The number of hydrogen-bond donors (Lipinski definition) is 1. The average Bonchev–Trinajstić information content (AvgIpc) is 3.08. The van der Waals surface area contributed by atoms with Gasteiger partial charge in [-0.25, -0.2) is 0 Å². The molecule has 1 aromatic carbocycles. The van der Waals surface area contributed by atoms with Crippen molar-refractivity contribution in [2.75, 3.05) is 53.4 Å². The van der Waals surface area contributed by atoms with Crippen LogP contribution in [0.1, 0.15) is 24.3 Å². The number of amides is 2. The summed E-state index contributed by atoms with van der Waals surface area (Å²) in [7, 11) is 4.34. The highest BCUT2D eigenvalue weighted by atomic mass is 16.2. The van der Waals surface area contributed by atoms with Gasteiger partial charge in [0.1, 0.15) is 5.92 Å². The molecule has 0 saturated carbocycles. The number of piperidine rings is 1. The Balaban J connectivity index is 1.53. The van der Waals surface area contributed by atoms with E-state index in [4.69, 9.17) is 0 Å². The number of nitrogens with one attached hydrogen (secondary N) is 1. The fourth-order valence-electron chi connectivity index (χ4n) is 4.94. The molecule has 3 heterocycles. The first kappa shape index (κ1) is 18.4. The van der Waals surface area contributed by atoms with Crippen LogP contribution >= 0.6 is 0 Å². The van der Waals surface area contributed by atoms with E-state index in [9.17, 15) is 9.59 Å². The molecule has 3 fully saturated rings. The molecule has 0 aliphatic carbocycles. The Morgan fingerprint density at radius 3 is 2.48 bits per heavy atom. The van der Waals surface area contributed by atoms with E-state index in [-0.39, 0.29) is 23.3 Å². The number of carbonyl (C=O) groups is 2. The van der Waals surface area contributed by atoms with Crippen LogP contribution in [0, 0.1) is 5.92 Å². The third-order valence-corrected chi connectivity index (χ3v) is 6.90. The number of likely N-dealkylation sites (tertiary alicyclic amines) is 1. The van der Waals surface area contributed by atoms with Crippen LogP contribution in [0.5, 0.6) is 0 Å². The molecule has 3 saturated heterocycles. The van der Waals surface area contributed by atoms with Gasteiger partial charge in [-0.05, 0) is 45.6 Å². The highest BCUT2D eigenvalue weighted by Crippen LogP contribution is 2.35. The molecule has 1 N–H and O–H groups in total. The minimum atomic E-state index is -0.598. The molecule has 2 atom stereocenters. The molecule has 1 spiro atoms. The molecule has 0 unspecified atom stereocenters. The number of rotatable bonds is 2. The second-order valence-electron chi connectivity index (χ2n) is 8.45. The summed E-state index contributed by atoms with van der Waals surface area (Å²) >= 11 is 0. The molecule has 6 heteroatoms. The van der Waals surface area contributed by atoms with Crippen molar-refractivity contribution >= 4 is 11.8 Å². The van der Waals surface area contributed by atoms with Crippen LogP contribution in [0.25, 0.3) is 0 Å². The minimum absolute atomic E-state index is 0.00487. The fourth-order valence-corrected chi connectivity index (χ4v) is 4.94.